The Bertz CT molecular complexity index is 683. The first kappa shape index (κ1) is 15.1. The number of carbonyl (C=O) groups excluding carboxylic acids is 1. The fourth-order valence-corrected chi connectivity index (χ4v) is 2.72. The smallest absolute Gasteiger partial charge is 0.331 e. The van der Waals surface area contributed by atoms with Gasteiger partial charge in [-0.25, -0.2) is 9.78 Å². The molecule has 116 valence electrons. The fourth-order valence-electron chi connectivity index (χ4n) is 2.60. The van der Waals surface area contributed by atoms with Crippen LogP contribution in [0.3, 0.4) is 0 Å². The van der Waals surface area contributed by atoms with E-state index < -0.39 is 5.72 Å². The molecule has 1 aliphatic rings. The Hall–Kier alpha value is -1.85. The predicted octanol–water partition coefficient (Wildman–Crippen LogP) is 3.63. The van der Waals surface area contributed by atoms with Crippen molar-refractivity contribution in [1.29, 1.82) is 0 Å². The first-order chi connectivity index (χ1) is 10.5. The minimum absolute atomic E-state index is 0.116. The van der Waals surface area contributed by atoms with Crippen LogP contribution in [-0.2, 0) is 4.74 Å². The quantitative estimate of drug-likeness (QED) is 0.849. The standard InChI is InChI=1S/C16H18ClN3O2/c1-3-16(2)20(8-9-22-16)15(21)19-10-14(18-11-19)12-4-6-13(17)7-5-12/h4-7,10-11H,3,8-9H2,1-2H3. The third kappa shape index (κ3) is 2.62. The second-order valence-electron chi connectivity index (χ2n) is 5.48. The zero-order valence-corrected chi connectivity index (χ0v) is 13.4. The van der Waals surface area contributed by atoms with Crippen LogP contribution in [0.15, 0.2) is 36.8 Å². The molecule has 1 saturated heterocycles. The normalized spacial score (nSPS) is 21.3. The van der Waals surface area contributed by atoms with Crippen molar-refractivity contribution in [3.05, 3.63) is 41.8 Å². The number of imidazole rings is 1. The van der Waals surface area contributed by atoms with Gasteiger partial charge in [0, 0.05) is 23.3 Å². The van der Waals surface area contributed by atoms with Crippen molar-refractivity contribution in [1.82, 2.24) is 14.5 Å². The third-order valence-corrected chi connectivity index (χ3v) is 4.38. The van der Waals surface area contributed by atoms with Gasteiger partial charge in [0.1, 0.15) is 12.1 Å². The number of hydrogen-bond donors (Lipinski definition) is 0. The highest BCUT2D eigenvalue weighted by Crippen LogP contribution is 2.27. The Labute approximate surface area is 134 Å². The Balaban J connectivity index is 1.84. The van der Waals surface area contributed by atoms with E-state index in [1.54, 1.807) is 29.6 Å². The molecule has 22 heavy (non-hydrogen) atoms. The van der Waals surface area contributed by atoms with Crippen molar-refractivity contribution in [2.75, 3.05) is 13.2 Å². The van der Waals surface area contributed by atoms with E-state index in [1.165, 1.54) is 4.57 Å². The molecule has 1 aliphatic heterocycles. The van der Waals surface area contributed by atoms with Gasteiger partial charge < -0.3 is 4.74 Å². The second kappa shape index (κ2) is 5.74. The van der Waals surface area contributed by atoms with E-state index in [2.05, 4.69) is 4.98 Å². The van der Waals surface area contributed by atoms with Gasteiger partial charge in [-0.2, -0.15) is 0 Å². The first-order valence-corrected chi connectivity index (χ1v) is 7.67. The van der Waals surface area contributed by atoms with E-state index in [1.807, 2.05) is 26.0 Å². The molecular weight excluding hydrogens is 302 g/mol. The molecular formula is C16H18ClN3O2. The highest BCUT2D eigenvalue weighted by atomic mass is 35.5. The summed E-state index contributed by atoms with van der Waals surface area (Å²) in [6.45, 7) is 5.11. The fraction of sp³-hybridized carbons (Fsp3) is 0.375. The molecule has 1 amide bonds. The minimum Gasteiger partial charge on any atom is -0.354 e. The molecule has 3 rings (SSSR count). The number of benzene rings is 1. The van der Waals surface area contributed by atoms with Gasteiger partial charge in [0.05, 0.1) is 12.3 Å². The van der Waals surface area contributed by atoms with E-state index in [-0.39, 0.29) is 6.03 Å². The van der Waals surface area contributed by atoms with Crippen molar-refractivity contribution in [3.63, 3.8) is 0 Å². The Morgan fingerprint density at radius 3 is 2.82 bits per heavy atom. The maximum Gasteiger partial charge on any atom is 0.331 e. The van der Waals surface area contributed by atoms with Gasteiger partial charge in [-0.3, -0.25) is 9.47 Å². The van der Waals surface area contributed by atoms with Crippen molar-refractivity contribution < 1.29 is 9.53 Å². The first-order valence-electron chi connectivity index (χ1n) is 7.29. The second-order valence-corrected chi connectivity index (χ2v) is 5.92. The summed E-state index contributed by atoms with van der Waals surface area (Å²) in [7, 11) is 0. The number of carbonyl (C=O) groups is 1. The van der Waals surface area contributed by atoms with E-state index in [0.717, 1.165) is 17.7 Å². The zero-order chi connectivity index (χ0) is 15.7. The predicted molar refractivity (Wildman–Crippen MR) is 84.8 cm³/mol. The van der Waals surface area contributed by atoms with Crippen LogP contribution < -0.4 is 0 Å². The van der Waals surface area contributed by atoms with Gasteiger partial charge in [-0.1, -0.05) is 30.7 Å². The van der Waals surface area contributed by atoms with Crippen LogP contribution in [0.5, 0.6) is 0 Å². The molecule has 6 heteroatoms. The maximum atomic E-state index is 12.7. The van der Waals surface area contributed by atoms with Gasteiger partial charge in [0.2, 0.25) is 0 Å². The lowest BCUT2D eigenvalue weighted by atomic mass is 10.2. The van der Waals surface area contributed by atoms with E-state index in [9.17, 15) is 4.79 Å². The number of rotatable bonds is 2. The summed E-state index contributed by atoms with van der Waals surface area (Å²) in [5.41, 5.74) is 1.12. The molecule has 1 aromatic carbocycles. The zero-order valence-electron chi connectivity index (χ0n) is 12.6. The van der Waals surface area contributed by atoms with Gasteiger partial charge >= 0.3 is 6.03 Å². The summed E-state index contributed by atoms with van der Waals surface area (Å²) in [6.07, 6.45) is 4.03. The Morgan fingerprint density at radius 2 is 2.14 bits per heavy atom. The number of hydrogen-bond acceptors (Lipinski definition) is 3. The van der Waals surface area contributed by atoms with Crippen molar-refractivity contribution in [2.24, 2.45) is 0 Å². The summed E-state index contributed by atoms with van der Waals surface area (Å²) < 4.78 is 7.21. The molecule has 1 atom stereocenters. The van der Waals surface area contributed by atoms with Crippen molar-refractivity contribution >= 4 is 17.6 Å². The van der Waals surface area contributed by atoms with Crippen LogP contribution >= 0.6 is 11.6 Å². The average molecular weight is 320 g/mol. The molecule has 0 aliphatic carbocycles. The van der Waals surface area contributed by atoms with Crippen LogP contribution in [0, 0.1) is 0 Å². The average Bonchev–Trinajstić information content (AvgIpc) is 3.15. The molecule has 2 aromatic rings. The minimum atomic E-state index is -0.540. The third-order valence-electron chi connectivity index (χ3n) is 4.13. The largest absolute Gasteiger partial charge is 0.354 e. The van der Waals surface area contributed by atoms with E-state index >= 15 is 0 Å². The molecule has 0 bridgehead atoms. The number of amides is 1. The highest BCUT2D eigenvalue weighted by Gasteiger charge is 2.40. The molecule has 2 heterocycles. The molecule has 1 unspecified atom stereocenters. The number of ether oxygens (including phenoxy) is 1. The molecule has 0 saturated carbocycles. The van der Waals surface area contributed by atoms with E-state index in [0.29, 0.717) is 18.2 Å². The molecule has 0 radical (unpaired) electrons. The lowest BCUT2D eigenvalue weighted by Gasteiger charge is -2.32. The summed E-state index contributed by atoms with van der Waals surface area (Å²) in [5, 5.41) is 0.673. The van der Waals surface area contributed by atoms with Crippen LogP contribution in [0.2, 0.25) is 5.02 Å². The number of halogens is 1. The monoisotopic (exact) mass is 319 g/mol. The lowest BCUT2D eigenvalue weighted by molar-refractivity contribution is -0.0496. The maximum absolute atomic E-state index is 12.7. The number of aromatic nitrogens is 2. The molecule has 0 spiro atoms. The van der Waals surface area contributed by atoms with Crippen molar-refractivity contribution in [2.45, 2.75) is 26.0 Å². The highest BCUT2D eigenvalue weighted by molar-refractivity contribution is 6.30. The summed E-state index contributed by atoms with van der Waals surface area (Å²) in [6, 6.07) is 7.26. The SMILES string of the molecule is CCC1(C)OCCN1C(=O)n1cnc(-c2ccc(Cl)cc2)c1. The summed E-state index contributed by atoms with van der Waals surface area (Å²) in [4.78, 5) is 18.7. The molecule has 1 aromatic heterocycles. The van der Waals surface area contributed by atoms with Crippen LogP contribution in [0.1, 0.15) is 20.3 Å². The van der Waals surface area contributed by atoms with Gasteiger partial charge in [0.15, 0.2) is 0 Å². The van der Waals surface area contributed by atoms with Crippen LogP contribution in [0.4, 0.5) is 4.79 Å². The van der Waals surface area contributed by atoms with Gasteiger partial charge in [-0.05, 0) is 25.5 Å². The summed E-state index contributed by atoms with van der Waals surface area (Å²) in [5.74, 6) is 0. The Morgan fingerprint density at radius 1 is 1.41 bits per heavy atom. The van der Waals surface area contributed by atoms with Crippen LogP contribution in [0.25, 0.3) is 11.3 Å². The summed E-state index contributed by atoms with van der Waals surface area (Å²) >= 11 is 5.89. The van der Waals surface area contributed by atoms with Gasteiger partial charge in [-0.15, -0.1) is 0 Å². The lowest BCUT2D eigenvalue weighted by Crippen LogP contribution is -2.47. The van der Waals surface area contributed by atoms with Crippen molar-refractivity contribution in [3.8, 4) is 11.3 Å². The van der Waals surface area contributed by atoms with Crippen LogP contribution in [-0.4, -0.2) is 39.4 Å². The van der Waals surface area contributed by atoms with Gasteiger partial charge in [0.25, 0.3) is 0 Å². The number of nitrogens with zero attached hydrogens (tertiary/aromatic N) is 3. The molecule has 1 fully saturated rings. The topological polar surface area (TPSA) is 47.4 Å². The molecule has 5 nitrogen and oxygen atoms in total. The Kier molecular flexibility index (Phi) is 3.93. The van der Waals surface area contributed by atoms with E-state index in [4.69, 9.17) is 16.3 Å². The molecule has 0 N–H and O–H groups in total.